The van der Waals surface area contributed by atoms with Crippen molar-refractivity contribution < 1.29 is 4.79 Å². The van der Waals surface area contributed by atoms with Crippen molar-refractivity contribution in [3.63, 3.8) is 0 Å². The molecule has 0 aromatic carbocycles. The molecule has 12 heavy (non-hydrogen) atoms. The number of ketones is 1. The lowest BCUT2D eigenvalue weighted by Gasteiger charge is -1.92. The molecule has 0 atom stereocenters. The third-order valence-corrected chi connectivity index (χ3v) is 3.00. The fraction of sp³-hybridized carbons (Fsp3) is 0.500. The Balaban J connectivity index is 2.37. The molecule has 0 radical (unpaired) electrons. The lowest BCUT2D eigenvalue weighted by atomic mass is 10.2. The van der Waals surface area contributed by atoms with Gasteiger partial charge in [0.1, 0.15) is 0 Å². The van der Waals surface area contributed by atoms with Gasteiger partial charge in [0.25, 0.3) is 0 Å². The Morgan fingerprint density at radius 2 is 2.25 bits per heavy atom. The Labute approximate surface area is 73.4 Å². The summed E-state index contributed by atoms with van der Waals surface area (Å²) in [6, 6.07) is 0. The van der Waals surface area contributed by atoms with Crippen LogP contribution in [0.2, 0.25) is 0 Å². The van der Waals surface area contributed by atoms with Gasteiger partial charge in [-0.05, 0) is 19.8 Å². The molecule has 1 N–H and O–H groups in total. The first kappa shape index (κ1) is 7.73. The number of thiazole rings is 1. The van der Waals surface area contributed by atoms with Gasteiger partial charge < -0.3 is 4.98 Å². The van der Waals surface area contributed by atoms with Crippen molar-refractivity contribution in [1.82, 2.24) is 4.98 Å². The van der Waals surface area contributed by atoms with E-state index in [0.717, 1.165) is 29.9 Å². The highest BCUT2D eigenvalue weighted by molar-refractivity contribution is 7.11. The SMILES string of the molecule is Cc1[nH]c(=O)sc1C(=O)C1CC1. The predicted octanol–water partition coefficient (Wildman–Crippen LogP) is 1.34. The number of H-pyrrole nitrogens is 1. The minimum Gasteiger partial charge on any atom is -0.316 e. The molecule has 1 aromatic rings. The van der Waals surface area contributed by atoms with Gasteiger partial charge in [0.2, 0.25) is 0 Å². The van der Waals surface area contributed by atoms with Gasteiger partial charge in [0.15, 0.2) is 5.78 Å². The van der Waals surface area contributed by atoms with Crippen LogP contribution < -0.4 is 4.87 Å². The van der Waals surface area contributed by atoms with E-state index in [-0.39, 0.29) is 16.6 Å². The van der Waals surface area contributed by atoms with Crippen molar-refractivity contribution in [3.05, 3.63) is 20.2 Å². The van der Waals surface area contributed by atoms with E-state index in [1.807, 2.05) is 0 Å². The van der Waals surface area contributed by atoms with Crippen LogP contribution in [0.15, 0.2) is 4.79 Å². The topological polar surface area (TPSA) is 49.9 Å². The Hall–Kier alpha value is -0.900. The highest BCUT2D eigenvalue weighted by atomic mass is 32.1. The van der Waals surface area contributed by atoms with E-state index in [0.29, 0.717) is 4.88 Å². The molecule has 1 heterocycles. The van der Waals surface area contributed by atoms with Crippen LogP contribution in [0.3, 0.4) is 0 Å². The number of rotatable bonds is 2. The molecule has 0 unspecified atom stereocenters. The molecule has 2 rings (SSSR count). The normalized spacial score (nSPS) is 16.4. The second kappa shape index (κ2) is 2.55. The molecule has 64 valence electrons. The quantitative estimate of drug-likeness (QED) is 0.703. The summed E-state index contributed by atoms with van der Waals surface area (Å²) in [4.78, 5) is 25.5. The van der Waals surface area contributed by atoms with E-state index >= 15 is 0 Å². The first-order valence-corrected chi connectivity index (χ1v) is 4.74. The lowest BCUT2D eigenvalue weighted by molar-refractivity contribution is 0.0971. The summed E-state index contributed by atoms with van der Waals surface area (Å²) in [6.07, 6.45) is 1.98. The summed E-state index contributed by atoms with van der Waals surface area (Å²) in [6.45, 7) is 1.77. The van der Waals surface area contributed by atoms with Crippen molar-refractivity contribution >= 4 is 17.1 Å². The maximum Gasteiger partial charge on any atom is 0.305 e. The average molecular weight is 183 g/mol. The van der Waals surface area contributed by atoms with Crippen molar-refractivity contribution in [2.24, 2.45) is 5.92 Å². The first-order chi connectivity index (χ1) is 5.68. The summed E-state index contributed by atoms with van der Waals surface area (Å²) in [5.74, 6) is 0.353. The zero-order valence-corrected chi connectivity index (χ0v) is 7.53. The summed E-state index contributed by atoms with van der Waals surface area (Å²) >= 11 is 1.03. The van der Waals surface area contributed by atoms with Gasteiger partial charge in [-0.25, -0.2) is 0 Å². The van der Waals surface area contributed by atoms with Crippen LogP contribution in [-0.4, -0.2) is 10.8 Å². The van der Waals surface area contributed by atoms with E-state index in [9.17, 15) is 9.59 Å². The molecule has 0 aliphatic heterocycles. The van der Waals surface area contributed by atoms with Crippen LogP contribution in [0.1, 0.15) is 28.2 Å². The molecule has 1 fully saturated rings. The minimum absolute atomic E-state index is 0.128. The van der Waals surface area contributed by atoms with Crippen LogP contribution in [0.25, 0.3) is 0 Å². The van der Waals surface area contributed by atoms with Gasteiger partial charge >= 0.3 is 4.87 Å². The molecular weight excluding hydrogens is 174 g/mol. The van der Waals surface area contributed by atoms with Crippen molar-refractivity contribution in [3.8, 4) is 0 Å². The monoisotopic (exact) mass is 183 g/mol. The highest BCUT2D eigenvalue weighted by Crippen LogP contribution is 2.33. The van der Waals surface area contributed by atoms with Gasteiger partial charge in [-0.1, -0.05) is 11.3 Å². The van der Waals surface area contributed by atoms with Crippen LogP contribution in [0.4, 0.5) is 0 Å². The average Bonchev–Trinajstić information content (AvgIpc) is 2.77. The van der Waals surface area contributed by atoms with E-state index in [2.05, 4.69) is 4.98 Å². The second-order valence-corrected chi connectivity index (χ2v) is 4.09. The summed E-state index contributed by atoms with van der Waals surface area (Å²) in [7, 11) is 0. The van der Waals surface area contributed by atoms with E-state index < -0.39 is 0 Å². The van der Waals surface area contributed by atoms with Crippen LogP contribution in [0.5, 0.6) is 0 Å². The zero-order chi connectivity index (χ0) is 8.72. The fourth-order valence-electron chi connectivity index (χ4n) is 1.17. The van der Waals surface area contributed by atoms with Gasteiger partial charge in [-0.15, -0.1) is 0 Å². The molecule has 0 amide bonds. The molecule has 1 aliphatic rings. The molecule has 1 saturated carbocycles. The van der Waals surface area contributed by atoms with Crippen LogP contribution in [0, 0.1) is 12.8 Å². The van der Waals surface area contributed by atoms with E-state index in [4.69, 9.17) is 0 Å². The first-order valence-electron chi connectivity index (χ1n) is 3.92. The Kier molecular flexibility index (Phi) is 1.65. The van der Waals surface area contributed by atoms with E-state index in [1.165, 1.54) is 0 Å². The molecule has 3 nitrogen and oxygen atoms in total. The summed E-state index contributed by atoms with van der Waals surface area (Å²) in [5.41, 5.74) is 0.724. The smallest absolute Gasteiger partial charge is 0.305 e. The van der Waals surface area contributed by atoms with Gasteiger partial charge in [-0.2, -0.15) is 0 Å². The highest BCUT2D eigenvalue weighted by Gasteiger charge is 2.32. The molecular formula is C8H9NO2S. The van der Waals surface area contributed by atoms with Gasteiger partial charge in [0.05, 0.1) is 4.88 Å². The predicted molar refractivity (Wildman–Crippen MR) is 46.7 cm³/mol. The number of nitrogens with one attached hydrogen (secondary N) is 1. The van der Waals surface area contributed by atoms with Crippen LogP contribution in [-0.2, 0) is 0 Å². The number of aryl methyl sites for hydroxylation is 1. The standard InChI is InChI=1S/C8H9NO2S/c1-4-7(12-8(11)9-4)6(10)5-2-3-5/h5H,2-3H2,1H3,(H,9,11). The maximum absolute atomic E-state index is 11.5. The molecule has 0 saturated heterocycles. The maximum atomic E-state index is 11.5. The van der Waals surface area contributed by atoms with Crippen molar-refractivity contribution in [2.75, 3.05) is 0 Å². The largest absolute Gasteiger partial charge is 0.316 e. The Morgan fingerprint density at radius 1 is 1.58 bits per heavy atom. The third kappa shape index (κ3) is 1.22. The van der Waals surface area contributed by atoms with Gasteiger partial charge in [0, 0.05) is 11.6 Å². The Morgan fingerprint density at radius 3 is 2.67 bits per heavy atom. The zero-order valence-electron chi connectivity index (χ0n) is 6.72. The van der Waals surface area contributed by atoms with Crippen LogP contribution >= 0.6 is 11.3 Å². The number of hydrogen-bond donors (Lipinski definition) is 1. The summed E-state index contributed by atoms with van der Waals surface area (Å²) < 4.78 is 0. The number of aromatic amines is 1. The third-order valence-electron chi connectivity index (χ3n) is 2.00. The van der Waals surface area contributed by atoms with Gasteiger partial charge in [-0.3, -0.25) is 9.59 Å². The molecule has 0 bridgehead atoms. The fourth-order valence-corrected chi connectivity index (χ4v) is 2.03. The molecule has 1 aromatic heterocycles. The van der Waals surface area contributed by atoms with Crippen molar-refractivity contribution in [2.45, 2.75) is 19.8 Å². The van der Waals surface area contributed by atoms with Crippen molar-refractivity contribution in [1.29, 1.82) is 0 Å². The number of hydrogen-bond acceptors (Lipinski definition) is 3. The summed E-state index contributed by atoms with van der Waals surface area (Å²) in [5, 5.41) is 0. The number of Topliss-reactive ketones (excluding diaryl/α,β-unsaturated/α-hetero) is 1. The number of aromatic nitrogens is 1. The molecule has 1 aliphatic carbocycles. The van der Waals surface area contributed by atoms with E-state index in [1.54, 1.807) is 6.92 Å². The Bertz CT molecular complexity index is 373. The molecule has 0 spiro atoms. The number of carbonyl (C=O) groups excluding carboxylic acids is 1. The number of carbonyl (C=O) groups is 1. The molecule has 4 heteroatoms. The lowest BCUT2D eigenvalue weighted by Crippen LogP contribution is -1.99. The second-order valence-electron chi connectivity index (χ2n) is 3.11. The minimum atomic E-state index is -0.128.